The van der Waals surface area contributed by atoms with Gasteiger partial charge in [0.15, 0.2) is 30.7 Å². The number of benzene rings is 2. The van der Waals surface area contributed by atoms with E-state index in [1.807, 2.05) is 72.8 Å². The molecule has 5 fully saturated rings. The molecule has 42 heteroatoms. The van der Waals surface area contributed by atoms with Crippen molar-refractivity contribution in [1.82, 2.24) is 38.5 Å². The van der Waals surface area contributed by atoms with E-state index in [0.29, 0.717) is 50.5 Å². The number of aliphatic hydroxyl groups is 2. The minimum absolute atomic E-state index is 0.0641. The molecule has 42 nitrogen and oxygen atoms in total. The Morgan fingerprint density at radius 2 is 0.826 bits per heavy atom. The molecule has 8 aromatic heterocycles. The van der Waals surface area contributed by atoms with Gasteiger partial charge in [0.25, 0.3) is 0 Å². The van der Waals surface area contributed by atoms with Crippen molar-refractivity contribution in [3.63, 3.8) is 0 Å². The smallest absolute Gasteiger partial charge is 0.325 e. The summed E-state index contributed by atoms with van der Waals surface area (Å²) in [6.07, 6.45) is -8.44. The van der Waals surface area contributed by atoms with Gasteiger partial charge in [-0.1, -0.05) is 102 Å². The fourth-order valence-electron chi connectivity index (χ4n) is 15.4. The lowest BCUT2D eigenvalue weighted by Gasteiger charge is -2.29. The summed E-state index contributed by atoms with van der Waals surface area (Å²) in [5.74, 6) is -6.44. The Bertz CT molecular complexity index is 6110. The second-order valence-corrected chi connectivity index (χ2v) is 33.1. The van der Waals surface area contributed by atoms with Crippen LogP contribution in [0.1, 0.15) is 116 Å². The normalized spacial score (nSPS) is 25.9. The third-order valence-electron chi connectivity index (χ3n) is 22.1. The fraction of sp³-hybridized carbons (Fsp3) is 0.422. The Balaban J connectivity index is 0.000000159. The number of nitriles is 4. The van der Waals surface area contributed by atoms with Gasteiger partial charge in [-0.3, -0.25) is 38.4 Å². The van der Waals surface area contributed by atoms with Crippen molar-refractivity contribution in [1.29, 1.82) is 21.0 Å². The molecule has 0 aliphatic carbocycles. The number of hydrogen-bond donors (Lipinski definition) is 8. The van der Waals surface area contributed by atoms with Crippen molar-refractivity contribution >= 4 is 92.6 Å². The lowest BCUT2D eigenvalue weighted by molar-refractivity contribution is -0.174. The van der Waals surface area contributed by atoms with Crippen LogP contribution < -0.4 is 34.4 Å². The molecule has 0 radical (unpaired) electrons. The number of carbonyl (C=O) groups excluding carboxylic acids is 8. The number of rotatable bonds is 24. The lowest BCUT2D eigenvalue weighted by atomic mass is 9.91. The first-order chi connectivity index (χ1) is 62.7. The van der Waals surface area contributed by atoms with Gasteiger partial charge in [-0.25, -0.2) is 18.1 Å². The monoisotopic (exact) mass is 1820 g/mol. The molecule has 15 rings (SSSR count). The van der Waals surface area contributed by atoms with Crippen LogP contribution in [0.2, 0.25) is 0 Å². The predicted octanol–water partition coefficient (Wildman–Crippen LogP) is 4.50. The standard InChI is InChI=1S/C25H33N5O7.C24H24N4O5.C22H23N5O5.C19H20N4O7/c1-13(2)21(31)35-19-17(11-34-23(33)24(5,6)28)37-25(12-26,20(19)36-22(32)14(3)4)18-8-7-16-15(27)9-10-29-30(16)18;1-14(2)22(29)30-12-18-20-21(32-23(31-20)15-6-4-3-5-7-15)24(13-25,33-18)19-9-8-17-16(26)10-11-27-28(17)19;23-12-22(18-7-6-16-14(24)8-9-26-27(16)18)20(29)19(28)17(32-22)11-31-21(30)15(25)10-13-4-2-1-3-5-13;1-10(24)27-8-15-17(28-11(2)25)18(29-12(3)26)19(9-20,30-15)16-5-4-14-13(21)6-7-22-23(14)16/h7-10,13-14,17,19-20H,11,27-28H2,1-6H3;3-11,14,18,20-21,23H,12,26H2,1-2H3;1-9,15,17,19-20,28-29H,10-11,24-25H2;4-7,15,17-18H,8,21H2,1-3H3/t17-,19-,20-,25+;18-,20-,21-,23?,24+;15-,17+,19+,20+,22-;15-,17-,18-,19+/m1101/s1. The SMILES string of the molecule is CC(=O)OC[C@H]1O[C@@](C#N)(c2ccc3c(N)ccnn23)[C@H](OC(C)=O)[C@@H]1OC(C)=O.CC(C)C(=O)OC[C@H]1O[C@@](C#N)(c2ccc3c(N)ccnn23)[C@@H]2OC(c3ccccc3)O[C@@H]21.CC(C)C(=O)O[C@H]1[C@@H](OC(=O)C(C)C)[C@](C#N)(c2ccc3c(N)ccnn23)O[C@@H]1COC(=O)C(C)(C)N.N#C[C@@]1(c2ccc3c(N)ccnn23)O[C@H](COC(=O)[C@@H](N)Cc2ccccc2)[C@@H](O)[C@H]1O. The van der Waals surface area contributed by atoms with Gasteiger partial charge in [0.05, 0.1) is 85.3 Å². The van der Waals surface area contributed by atoms with Gasteiger partial charge < -0.3 is 111 Å². The summed E-state index contributed by atoms with van der Waals surface area (Å²) < 4.78 is 85.7. The second kappa shape index (κ2) is 40.0. The molecule has 2 aromatic carbocycles. The van der Waals surface area contributed by atoms with Gasteiger partial charge >= 0.3 is 47.8 Å². The van der Waals surface area contributed by atoms with Crippen LogP contribution in [0, 0.1) is 63.1 Å². The zero-order valence-electron chi connectivity index (χ0n) is 73.6. The second-order valence-electron chi connectivity index (χ2n) is 33.1. The molecule has 132 heavy (non-hydrogen) atoms. The lowest BCUT2D eigenvalue weighted by Crippen LogP contribution is -2.47. The molecule has 0 bridgehead atoms. The average molecular weight is 1820 g/mol. The van der Waals surface area contributed by atoms with E-state index in [0.717, 1.165) is 25.0 Å². The molecule has 0 spiro atoms. The average Bonchev–Trinajstić information content (AvgIpc) is 1.56. The molecule has 0 saturated carbocycles. The summed E-state index contributed by atoms with van der Waals surface area (Å²) in [7, 11) is 0. The first-order valence-corrected chi connectivity index (χ1v) is 41.7. The van der Waals surface area contributed by atoms with Gasteiger partial charge in [-0.15, -0.1) is 0 Å². The van der Waals surface area contributed by atoms with Gasteiger partial charge in [0.2, 0.25) is 22.4 Å². The van der Waals surface area contributed by atoms with E-state index in [1.165, 1.54) is 52.9 Å². The molecule has 18 atom stereocenters. The summed E-state index contributed by atoms with van der Waals surface area (Å²) in [5.41, 5.74) is 33.8. The number of nitrogens with two attached hydrogens (primary N) is 6. The Kier molecular flexibility index (Phi) is 29.3. The third kappa shape index (κ3) is 19.5. The van der Waals surface area contributed by atoms with Crippen molar-refractivity contribution in [2.75, 3.05) is 49.4 Å². The molecule has 5 aliphatic rings. The molecule has 0 amide bonds. The largest absolute Gasteiger partial charge is 0.463 e. The topological polar surface area (TPSA) is 627 Å². The maximum absolute atomic E-state index is 12.8. The van der Waals surface area contributed by atoms with E-state index in [4.69, 9.17) is 101 Å². The Morgan fingerprint density at radius 1 is 0.447 bits per heavy atom. The van der Waals surface area contributed by atoms with Crippen LogP contribution in [0.4, 0.5) is 22.7 Å². The van der Waals surface area contributed by atoms with E-state index in [-0.39, 0.29) is 55.2 Å². The Hall–Kier alpha value is -14.3. The minimum atomic E-state index is -1.99. The summed E-state index contributed by atoms with van der Waals surface area (Å²) >= 11 is 0. The number of anilines is 4. The zero-order chi connectivity index (χ0) is 95.8. The number of esters is 8. The molecule has 14 N–H and O–H groups in total. The van der Waals surface area contributed by atoms with E-state index in [2.05, 4.69) is 32.5 Å². The summed E-state index contributed by atoms with van der Waals surface area (Å²) in [4.78, 5) is 97.1. The van der Waals surface area contributed by atoms with Crippen LogP contribution in [0.3, 0.4) is 0 Å². The van der Waals surface area contributed by atoms with Gasteiger partial charge in [0, 0.05) is 51.1 Å². The Morgan fingerprint density at radius 3 is 1.26 bits per heavy atom. The van der Waals surface area contributed by atoms with Crippen LogP contribution in [-0.4, -0.2) is 208 Å². The third-order valence-corrected chi connectivity index (χ3v) is 22.1. The first-order valence-electron chi connectivity index (χ1n) is 41.7. The first kappa shape index (κ1) is 96.8. The summed E-state index contributed by atoms with van der Waals surface area (Å²) in [6, 6.07) is 45.7. The number of nitrogen functional groups attached to an aromatic ring is 4. The van der Waals surface area contributed by atoms with Crippen molar-refractivity contribution in [3.05, 3.63) is 192 Å². The number of aromatic nitrogens is 8. The van der Waals surface area contributed by atoms with Crippen molar-refractivity contribution in [3.8, 4) is 24.3 Å². The Labute approximate surface area is 754 Å². The fourth-order valence-corrected chi connectivity index (χ4v) is 15.4. The molecular formula is C90H100N18O24. The highest BCUT2D eigenvalue weighted by molar-refractivity contribution is 5.80. The molecule has 694 valence electrons. The molecule has 13 heterocycles. The van der Waals surface area contributed by atoms with Crippen LogP contribution in [0.15, 0.2) is 158 Å². The number of hydrogen-bond acceptors (Lipinski definition) is 38. The zero-order valence-corrected chi connectivity index (χ0v) is 73.6. The molecule has 5 saturated heterocycles. The van der Waals surface area contributed by atoms with Gasteiger partial charge in [-0.2, -0.15) is 41.4 Å². The van der Waals surface area contributed by atoms with Gasteiger partial charge in [0.1, 0.15) is 111 Å². The van der Waals surface area contributed by atoms with Crippen molar-refractivity contribution in [2.45, 2.75) is 196 Å². The van der Waals surface area contributed by atoms with Crippen LogP contribution in [0.5, 0.6) is 0 Å². The molecule has 10 aromatic rings. The summed E-state index contributed by atoms with van der Waals surface area (Å²) in [5, 5.41) is 79.3. The predicted molar refractivity (Wildman–Crippen MR) is 459 cm³/mol. The highest BCUT2D eigenvalue weighted by atomic mass is 16.8. The van der Waals surface area contributed by atoms with Crippen LogP contribution in [0.25, 0.3) is 22.1 Å². The van der Waals surface area contributed by atoms with Crippen molar-refractivity contribution in [2.24, 2.45) is 29.2 Å². The van der Waals surface area contributed by atoms with Gasteiger partial charge in [-0.05, 0) is 98.6 Å². The summed E-state index contributed by atoms with van der Waals surface area (Å²) in [6.45, 7) is 15.3. The number of ether oxygens (including phenoxy) is 14. The van der Waals surface area contributed by atoms with E-state index >= 15 is 0 Å². The quantitative estimate of drug-likeness (QED) is 0.0305. The number of nitrogens with zero attached hydrogens (tertiary/aromatic N) is 12. The number of fused-ring (bicyclic) bond motifs is 5. The van der Waals surface area contributed by atoms with E-state index in [9.17, 15) is 69.6 Å². The van der Waals surface area contributed by atoms with Crippen LogP contribution >= 0.6 is 0 Å². The van der Waals surface area contributed by atoms with E-state index in [1.54, 1.807) is 125 Å². The van der Waals surface area contributed by atoms with Crippen LogP contribution in [-0.2, 0) is 133 Å². The molecular weight excluding hydrogens is 1720 g/mol. The maximum atomic E-state index is 12.8. The molecule has 1 unspecified atom stereocenters. The highest BCUT2D eigenvalue weighted by Gasteiger charge is 2.67. The van der Waals surface area contributed by atoms with E-state index < -0.39 is 174 Å². The molecule has 5 aliphatic heterocycles. The van der Waals surface area contributed by atoms with Crippen molar-refractivity contribution < 1.29 is 115 Å². The highest BCUT2D eigenvalue weighted by Crippen LogP contribution is 2.52. The maximum Gasteiger partial charge on any atom is 0.325 e. The minimum Gasteiger partial charge on any atom is -0.463 e. The number of aliphatic hydroxyl groups excluding tert-OH is 2. The number of carbonyl (C=O) groups is 8.